The van der Waals surface area contributed by atoms with Crippen LogP contribution in [0.25, 0.3) is 0 Å². The fraction of sp³-hybridized carbons (Fsp3) is 0.909. The molecule has 1 radical (unpaired) electrons. The van der Waals surface area contributed by atoms with Gasteiger partial charge in [-0.15, -0.1) is 6.58 Å². The maximum atomic E-state index is 3.78. The lowest BCUT2D eigenvalue weighted by molar-refractivity contribution is 0.530. The van der Waals surface area contributed by atoms with Gasteiger partial charge in [-0.2, -0.15) is 0 Å². The molecule has 0 aromatic heterocycles. The van der Waals surface area contributed by atoms with Crippen LogP contribution in [-0.4, -0.2) is 8.80 Å². The monoisotopic (exact) mass is 337 g/mol. The quantitative estimate of drug-likeness (QED) is 0.126. The van der Waals surface area contributed by atoms with Crippen molar-refractivity contribution in [2.75, 3.05) is 0 Å². The molecule has 0 N–H and O–H groups in total. The van der Waals surface area contributed by atoms with Crippen molar-refractivity contribution in [3.05, 3.63) is 12.7 Å². The minimum absolute atomic E-state index is 0.0407. The Morgan fingerprint density at radius 2 is 0.826 bits per heavy atom. The van der Waals surface area contributed by atoms with E-state index in [0.717, 1.165) is 0 Å². The molecule has 0 heterocycles. The van der Waals surface area contributed by atoms with E-state index < -0.39 is 0 Å². The molecule has 137 valence electrons. The third-order valence-corrected chi connectivity index (χ3v) is 6.19. The van der Waals surface area contributed by atoms with Crippen molar-refractivity contribution in [3.8, 4) is 0 Å². The van der Waals surface area contributed by atoms with E-state index in [1.54, 1.807) is 0 Å². The highest BCUT2D eigenvalue weighted by Crippen LogP contribution is 2.14. The smallest absolute Gasteiger partial charge is 0.0412 e. The molecule has 0 aliphatic heterocycles. The van der Waals surface area contributed by atoms with Crippen molar-refractivity contribution >= 4 is 8.80 Å². The van der Waals surface area contributed by atoms with Crippen LogP contribution in [0.3, 0.4) is 0 Å². The van der Waals surface area contributed by atoms with Crippen molar-refractivity contribution in [2.24, 2.45) is 0 Å². The largest absolute Gasteiger partial charge is 0.103 e. The molecular formula is C22H45Si. The first kappa shape index (κ1) is 23.0. The van der Waals surface area contributed by atoms with Gasteiger partial charge in [0.25, 0.3) is 0 Å². The van der Waals surface area contributed by atoms with E-state index in [0.29, 0.717) is 0 Å². The maximum absolute atomic E-state index is 3.78. The van der Waals surface area contributed by atoms with Crippen LogP contribution >= 0.6 is 0 Å². The predicted molar refractivity (Wildman–Crippen MR) is 111 cm³/mol. The molecule has 0 rings (SSSR count). The second kappa shape index (κ2) is 20.0. The highest BCUT2D eigenvalue weighted by molar-refractivity contribution is 6.55. The number of hydrogen-bond acceptors (Lipinski definition) is 0. The number of allylic oxidation sites excluding steroid dienone is 1. The van der Waals surface area contributed by atoms with Crippen molar-refractivity contribution in [1.29, 1.82) is 0 Å². The number of rotatable bonds is 19. The molecular weight excluding hydrogens is 292 g/mol. The van der Waals surface area contributed by atoms with E-state index in [1.165, 1.54) is 115 Å². The normalized spacial score (nSPS) is 11.3. The third kappa shape index (κ3) is 22.0. The van der Waals surface area contributed by atoms with E-state index in [-0.39, 0.29) is 8.80 Å². The number of hydrogen-bond donors (Lipinski definition) is 0. The molecule has 0 atom stereocenters. The molecule has 23 heavy (non-hydrogen) atoms. The Bertz CT molecular complexity index is 222. The van der Waals surface area contributed by atoms with Crippen LogP contribution in [0.5, 0.6) is 0 Å². The van der Waals surface area contributed by atoms with Crippen LogP contribution < -0.4 is 0 Å². The lowest BCUT2D eigenvalue weighted by Crippen LogP contribution is -1.97. The molecule has 0 amide bonds. The topological polar surface area (TPSA) is 0 Å². The SMILES string of the molecule is C=CCCCCCCCCCCCCCCCCCC[Si](C)C. The average molecular weight is 338 g/mol. The third-order valence-electron chi connectivity index (χ3n) is 4.84. The summed E-state index contributed by atoms with van der Waals surface area (Å²) in [5, 5.41) is 0. The van der Waals surface area contributed by atoms with Gasteiger partial charge in [-0.05, 0) is 12.8 Å². The number of unbranched alkanes of at least 4 members (excludes halogenated alkanes) is 16. The van der Waals surface area contributed by atoms with E-state index in [9.17, 15) is 0 Å². The second-order valence-corrected chi connectivity index (χ2v) is 10.6. The zero-order valence-electron chi connectivity index (χ0n) is 16.5. The van der Waals surface area contributed by atoms with Gasteiger partial charge < -0.3 is 0 Å². The summed E-state index contributed by atoms with van der Waals surface area (Å²) in [6, 6.07) is 1.53. The standard InChI is InChI=1S/C22H45Si/c1-4-5-6-7-8-9-10-11-12-13-14-15-16-17-18-19-20-21-22-23(2)3/h4H,1,5-22H2,2-3H3. The van der Waals surface area contributed by atoms with Gasteiger partial charge in [-0.3, -0.25) is 0 Å². The maximum Gasteiger partial charge on any atom is 0.0412 e. The Morgan fingerprint density at radius 1 is 0.522 bits per heavy atom. The van der Waals surface area contributed by atoms with Crippen LogP contribution in [0.4, 0.5) is 0 Å². The lowest BCUT2D eigenvalue weighted by Gasteiger charge is -2.04. The van der Waals surface area contributed by atoms with Gasteiger partial charge in [0, 0.05) is 8.80 Å². The minimum Gasteiger partial charge on any atom is -0.103 e. The van der Waals surface area contributed by atoms with Crippen molar-refractivity contribution < 1.29 is 0 Å². The molecule has 0 saturated heterocycles. The predicted octanol–water partition coefficient (Wildman–Crippen LogP) is 8.56. The van der Waals surface area contributed by atoms with Gasteiger partial charge >= 0.3 is 0 Å². The first-order chi connectivity index (χ1) is 11.3. The summed E-state index contributed by atoms with van der Waals surface area (Å²) in [6.07, 6.45) is 26.7. The molecule has 0 aliphatic rings. The summed E-state index contributed by atoms with van der Waals surface area (Å²) < 4.78 is 0. The molecule has 0 bridgehead atoms. The van der Waals surface area contributed by atoms with Gasteiger partial charge in [0.05, 0.1) is 0 Å². The highest BCUT2D eigenvalue weighted by Gasteiger charge is 1.97. The molecule has 0 nitrogen and oxygen atoms in total. The van der Waals surface area contributed by atoms with Gasteiger partial charge in [-0.1, -0.05) is 122 Å². The van der Waals surface area contributed by atoms with E-state index in [2.05, 4.69) is 19.7 Å². The molecule has 0 spiro atoms. The van der Waals surface area contributed by atoms with E-state index in [1.807, 2.05) is 6.08 Å². The minimum atomic E-state index is 0.0407. The van der Waals surface area contributed by atoms with Crippen LogP contribution in [0, 0.1) is 0 Å². The van der Waals surface area contributed by atoms with Gasteiger partial charge in [-0.25, -0.2) is 0 Å². The fourth-order valence-electron chi connectivity index (χ4n) is 3.24. The van der Waals surface area contributed by atoms with Crippen molar-refractivity contribution in [3.63, 3.8) is 0 Å². The van der Waals surface area contributed by atoms with E-state index in [4.69, 9.17) is 0 Å². The summed E-state index contributed by atoms with van der Waals surface area (Å²) >= 11 is 0. The Balaban J connectivity index is 2.96. The molecule has 0 aromatic carbocycles. The van der Waals surface area contributed by atoms with E-state index >= 15 is 0 Å². The Kier molecular flexibility index (Phi) is 20.0. The first-order valence-corrected chi connectivity index (χ1v) is 13.4. The zero-order chi connectivity index (χ0) is 17.0. The molecule has 1 heteroatoms. The summed E-state index contributed by atoms with van der Waals surface area (Å²) in [5.41, 5.74) is 0. The van der Waals surface area contributed by atoms with Crippen LogP contribution in [0.15, 0.2) is 12.7 Å². The van der Waals surface area contributed by atoms with Crippen molar-refractivity contribution in [2.45, 2.75) is 128 Å². The molecule has 0 aliphatic carbocycles. The van der Waals surface area contributed by atoms with Crippen LogP contribution in [0.2, 0.25) is 19.1 Å². The molecule has 0 saturated carbocycles. The summed E-state index contributed by atoms with van der Waals surface area (Å²) in [7, 11) is 0.0407. The summed E-state index contributed by atoms with van der Waals surface area (Å²) in [5.74, 6) is 0. The summed E-state index contributed by atoms with van der Waals surface area (Å²) in [4.78, 5) is 0. The zero-order valence-corrected chi connectivity index (χ0v) is 17.5. The van der Waals surface area contributed by atoms with Gasteiger partial charge in [0.1, 0.15) is 0 Å². The van der Waals surface area contributed by atoms with Crippen LogP contribution in [0.1, 0.15) is 109 Å². The highest BCUT2D eigenvalue weighted by atomic mass is 28.3. The molecule has 0 unspecified atom stereocenters. The Morgan fingerprint density at radius 3 is 1.13 bits per heavy atom. The second-order valence-electron chi connectivity index (χ2n) is 7.69. The first-order valence-electron chi connectivity index (χ1n) is 10.7. The fourth-order valence-corrected chi connectivity index (χ4v) is 4.20. The van der Waals surface area contributed by atoms with Gasteiger partial charge in [0.2, 0.25) is 0 Å². The molecule has 0 fully saturated rings. The summed E-state index contributed by atoms with van der Waals surface area (Å²) in [6.45, 7) is 8.66. The lowest BCUT2D eigenvalue weighted by atomic mass is 10.0. The Labute approximate surface area is 150 Å². The van der Waals surface area contributed by atoms with Crippen LogP contribution in [-0.2, 0) is 0 Å². The van der Waals surface area contributed by atoms with Crippen molar-refractivity contribution in [1.82, 2.24) is 0 Å². The average Bonchev–Trinajstić information content (AvgIpc) is 2.53. The van der Waals surface area contributed by atoms with Gasteiger partial charge in [0.15, 0.2) is 0 Å². The Hall–Kier alpha value is -0.0431. The molecule has 0 aromatic rings.